The number of likely N-dealkylation sites (tertiary alicyclic amines) is 1. The second kappa shape index (κ2) is 5.98. The molecule has 3 heteroatoms. The maximum absolute atomic E-state index is 5.33. The van der Waals surface area contributed by atoms with Crippen molar-refractivity contribution in [2.75, 3.05) is 20.7 Å². The Morgan fingerprint density at radius 2 is 2.05 bits per heavy atom. The lowest BCUT2D eigenvalue weighted by Crippen LogP contribution is -2.42. The van der Waals surface area contributed by atoms with E-state index in [1.807, 2.05) is 6.07 Å². The lowest BCUT2D eigenvalue weighted by Gasteiger charge is -2.46. The molecule has 0 aromatic heterocycles. The van der Waals surface area contributed by atoms with Crippen LogP contribution in [0.4, 0.5) is 0 Å². The Hall–Kier alpha value is -0.990. The number of nitrogens with zero attached hydrogens (tertiary/aromatic N) is 1. The first-order chi connectivity index (χ1) is 8.46. The lowest BCUT2D eigenvalue weighted by atomic mass is 9.71. The monoisotopic (exact) mass is 281 g/mol. The van der Waals surface area contributed by atoms with Crippen molar-refractivity contribution >= 4 is 12.4 Å². The Morgan fingerprint density at radius 1 is 1.37 bits per heavy atom. The van der Waals surface area contributed by atoms with E-state index < -0.39 is 0 Å². The topological polar surface area (TPSA) is 12.5 Å². The number of piperidine rings is 1. The van der Waals surface area contributed by atoms with Crippen LogP contribution in [-0.2, 0) is 0 Å². The molecule has 1 fully saturated rings. The number of hydrogen-bond donors (Lipinski definition) is 0. The summed E-state index contributed by atoms with van der Waals surface area (Å²) in [5.74, 6) is 0.924. The smallest absolute Gasteiger partial charge is 0.119 e. The van der Waals surface area contributed by atoms with E-state index in [2.05, 4.69) is 50.6 Å². The molecule has 19 heavy (non-hydrogen) atoms. The highest BCUT2D eigenvalue weighted by Crippen LogP contribution is 2.47. The van der Waals surface area contributed by atoms with Gasteiger partial charge in [-0.05, 0) is 31.2 Å². The molecule has 106 valence electrons. The van der Waals surface area contributed by atoms with Crippen LogP contribution in [0.1, 0.15) is 31.9 Å². The van der Waals surface area contributed by atoms with Gasteiger partial charge in [-0.25, -0.2) is 0 Å². The summed E-state index contributed by atoms with van der Waals surface area (Å²) >= 11 is 0. The number of rotatable bonds is 2. The van der Waals surface area contributed by atoms with Gasteiger partial charge in [0.2, 0.25) is 0 Å². The third-order valence-corrected chi connectivity index (χ3v) is 4.21. The Balaban J connectivity index is 0.00000180. The van der Waals surface area contributed by atoms with Crippen molar-refractivity contribution < 1.29 is 4.74 Å². The molecule has 1 saturated heterocycles. The van der Waals surface area contributed by atoms with Crippen molar-refractivity contribution in [1.82, 2.24) is 4.90 Å². The van der Waals surface area contributed by atoms with E-state index in [0.717, 1.165) is 18.7 Å². The molecule has 1 aromatic rings. The second-order valence-corrected chi connectivity index (χ2v) is 5.73. The fourth-order valence-corrected chi connectivity index (χ4v) is 2.99. The summed E-state index contributed by atoms with van der Waals surface area (Å²) < 4.78 is 5.33. The molecule has 2 nitrogen and oxygen atoms in total. The third kappa shape index (κ3) is 2.96. The minimum absolute atomic E-state index is 0. The van der Waals surface area contributed by atoms with E-state index in [0.29, 0.717) is 6.04 Å². The lowest BCUT2D eigenvalue weighted by molar-refractivity contribution is 0.105. The van der Waals surface area contributed by atoms with Crippen LogP contribution < -0.4 is 4.74 Å². The minimum Gasteiger partial charge on any atom is -0.497 e. The zero-order valence-corrected chi connectivity index (χ0v) is 13.1. The predicted molar refractivity (Wildman–Crippen MR) is 83.2 cm³/mol. The van der Waals surface area contributed by atoms with Gasteiger partial charge in [0.05, 0.1) is 7.11 Å². The van der Waals surface area contributed by atoms with Crippen LogP contribution in [0.3, 0.4) is 0 Å². The fraction of sp³-hybridized carbons (Fsp3) is 0.500. The second-order valence-electron chi connectivity index (χ2n) is 5.73. The summed E-state index contributed by atoms with van der Waals surface area (Å²) in [5.41, 5.74) is 2.75. The van der Waals surface area contributed by atoms with E-state index in [4.69, 9.17) is 4.74 Å². The number of methoxy groups -OCH3 is 1. The number of halogens is 1. The van der Waals surface area contributed by atoms with Gasteiger partial charge >= 0.3 is 0 Å². The summed E-state index contributed by atoms with van der Waals surface area (Å²) in [4.78, 5) is 2.42. The minimum atomic E-state index is 0. The molecule has 0 spiro atoms. The predicted octanol–water partition coefficient (Wildman–Crippen LogP) is 4.08. The van der Waals surface area contributed by atoms with Crippen LogP contribution in [0.15, 0.2) is 36.4 Å². The number of ether oxygens (including phenoxy) is 1. The Morgan fingerprint density at radius 3 is 2.68 bits per heavy atom. The normalized spacial score (nSPS) is 22.7. The molecule has 0 bridgehead atoms. The molecular formula is C16H24ClNO. The van der Waals surface area contributed by atoms with Crippen molar-refractivity contribution in [1.29, 1.82) is 0 Å². The molecule has 1 atom stereocenters. The zero-order chi connectivity index (χ0) is 13.3. The highest BCUT2D eigenvalue weighted by Gasteiger charge is 2.39. The molecule has 0 aliphatic carbocycles. The van der Waals surface area contributed by atoms with Gasteiger partial charge in [0, 0.05) is 18.0 Å². The van der Waals surface area contributed by atoms with E-state index >= 15 is 0 Å². The van der Waals surface area contributed by atoms with Crippen LogP contribution >= 0.6 is 12.4 Å². The highest BCUT2D eigenvalue weighted by molar-refractivity contribution is 5.85. The highest BCUT2D eigenvalue weighted by atomic mass is 35.5. The molecule has 2 rings (SSSR count). The van der Waals surface area contributed by atoms with Crippen LogP contribution in [0.2, 0.25) is 0 Å². The SMILES string of the molecule is C=C1CCN(C)C(c2cccc(OC)c2)C1(C)C.Cl. The summed E-state index contributed by atoms with van der Waals surface area (Å²) in [5, 5.41) is 0. The molecule has 0 amide bonds. The van der Waals surface area contributed by atoms with Crippen molar-refractivity contribution in [3.05, 3.63) is 42.0 Å². The van der Waals surface area contributed by atoms with Gasteiger partial charge in [-0.1, -0.05) is 38.1 Å². The molecule has 0 N–H and O–H groups in total. The summed E-state index contributed by atoms with van der Waals surface area (Å²) in [7, 11) is 3.91. The Bertz CT molecular complexity index is 456. The average molecular weight is 282 g/mol. The van der Waals surface area contributed by atoms with Gasteiger partial charge in [-0.15, -0.1) is 12.4 Å². The first-order valence-electron chi connectivity index (χ1n) is 6.49. The Kier molecular flexibility index (Phi) is 5.05. The van der Waals surface area contributed by atoms with E-state index in [-0.39, 0.29) is 17.8 Å². The third-order valence-electron chi connectivity index (χ3n) is 4.21. The molecule has 1 unspecified atom stereocenters. The van der Waals surface area contributed by atoms with E-state index in [1.165, 1.54) is 11.1 Å². The van der Waals surface area contributed by atoms with Gasteiger partial charge in [-0.2, -0.15) is 0 Å². The van der Waals surface area contributed by atoms with Crippen molar-refractivity contribution in [2.24, 2.45) is 5.41 Å². The van der Waals surface area contributed by atoms with E-state index in [1.54, 1.807) is 7.11 Å². The molecule has 1 aliphatic heterocycles. The van der Waals surface area contributed by atoms with Gasteiger partial charge in [0.15, 0.2) is 0 Å². The average Bonchev–Trinajstić information content (AvgIpc) is 2.34. The number of benzene rings is 1. The summed E-state index contributed by atoms with van der Waals surface area (Å²) in [6.07, 6.45) is 1.09. The number of hydrogen-bond acceptors (Lipinski definition) is 2. The Labute approximate surface area is 122 Å². The van der Waals surface area contributed by atoms with Crippen LogP contribution in [0, 0.1) is 5.41 Å². The van der Waals surface area contributed by atoms with Crippen molar-refractivity contribution in [3.63, 3.8) is 0 Å². The fourth-order valence-electron chi connectivity index (χ4n) is 2.99. The van der Waals surface area contributed by atoms with E-state index in [9.17, 15) is 0 Å². The molecular weight excluding hydrogens is 258 g/mol. The molecule has 0 saturated carbocycles. The standard InChI is InChI=1S/C16H23NO.ClH/c1-12-9-10-17(4)15(16(12,2)3)13-7-6-8-14(11-13)18-5;/h6-8,11,15H,1,9-10H2,2-5H3;1H. The van der Waals surface area contributed by atoms with Crippen molar-refractivity contribution in [3.8, 4) is 5.75 Å². The largest absolute Gasteiger partial charge is 0.497 e. The quantitative estimate of drug-likeness (QED) is 0.758. The molecule has 1 aromatic carbocycles. The molecule has 0 radical (unpaired) electrons. The van der Waals surface area contributed by atoms with Gasteiger partial charge < -0.3 is 4.74 Å². The first-order valence-corrected chi connectivity index (χ1v) is 6.49. The van der Waals surface area contributed by atoms with Crippen LogP contribution in [-0.4, -0.2) is 25.6 Å². The van der Waals surface area contributed by atoms with Gasteiger partial charge in [-0.3, -0.25) is 4.90 Å². The summed E-state index contributed by atoms with van der Waals surface area (Å²) in [6.45, 7) is 9.91. The van der Waals surface area contributed by atoms with Gasteiger partial charge in [0.25, 0.3) is 0 Å². The molecule has 1 aliphatic rings. The van der Waals surface area contributed by atoms with Crippen LogP contribution in [0.25, 0.3) is 0 Å². The van der Waals surface area contributed by atoms with Gasteiger partial charge in [0.1, 0.15) is 5.75 Å². The maximum atomic E-state index is 5.33. The summed E-state index contributed by atoms with van der Waals surface area (Å²) in [6, 6.07) is 8.75. The van der Waals surface area contributed by atoms with Crippen LogP contribution in [0.5, 0.6) is 5.75 Å². The maximum Gasteiger partial charge on any atom is 0.119 e. The first kappa shape index (κ1) is 16.1. The zero-order valence-electron chi connectivity index (χ0n) is 12.3. The molecule has 1 heterocycles. The van der Waals surface area contributed by atoms with Crippen molar-refractivity contribution in [2.45, 2.75) is 26.3 Å².